The zero-order valence-corrected chi connectivity index (χ0v) is 15.4. The maximum absolute atomic E-state index is 11.9. The number of carbonyl (C=O) groups is 1. The second-order valence-electron chi connectivity index (χ2n) is 6.20. The molecule has 6 heteroatoms. The molecule has 5 nitrogen and oxygen atoms in total. The highest BCUT2D eigenvalue weighted by Crippen LogP contribution is 2.24. The van der Waals surface area contributed by atoms with Crippen LogP contribution in [0.1, 0.15) is 30.9 Å². The predicted octanol–water partition coefficient (Wildman–Crippen LogP) is 4.47. The van der Waals surface area contributed by atoms with Crippen molar-refractivity contribution in [1.82, 2.24) is 10.4 Å². The number of ether oxygens (including phenoxy) is 1. The highest BCUT2D eigenvalue weighted by molar-refractivity contribution is 6.34. The topological polar surface area (TPSA) is 66.5 Å². The lowest BCUT2D eigenvalue weighted by Gasteiger charge is -2.08. The van der Waals surface area contributed by atoms with E-state index in [-0.39, 0.29) is 12.5 Å². The summed E-state index contributed by atoms with van der Waals surface area (Å²) in [5.41, 5.74) is 5.31. The molecule has 0 bridgehead atoms. The summed E-state index contributed by atoms with van der Waals surface area (Å²) in [6.45, 7) is 4.14. The number of amides is 1. The Balaban J connectivity index is 1.55. The summed E-state index contributed by atoms with van der Waals surface area (Å²) in [5.74, 6) is 0.761. The Morgan fingerprint density at radius 1 is 1.23 bits per heavy atom. The molecule has 0 radical (unpaired) electrons. The van der Waals surface area contributed by atoms with Crippen molar-refractivity contribution < 1.29 is 9.53 Å². The van der Waals surface area contributed by atoms with E-state index in [4.69, 9.17) is 16.3 Å². The number of hydrogen-bond acceptors (Lipinski definition) is 3. The number of aromatic nitrogens is 1. The standard InChI is InChI=1S/C20H20ClN3O2/c1-13(2)14-7-9-15(10-8-14)26-12-19(25)24-22-11-17-16-5-3-4-6-18(16)23-20(17)21/h3-11,13,23H,12H2,1-2H3,(H,24,25). The minimum atomic E-state index is -0.342. The van der Waals surface area contributed by atoms with Crippen LogP contribution in [0.4, 0.5) is 0 Å². The summed E-state index contributed by atoms with van der Waals surface area (Å²) in [7, 11) is 0. The van der Waals surface area contributed by atoms with Gasteiger partial charge < -0.3 is 9.72 Å². The highest BCUT2D eigenvalue weighted by atomic mass is 35.5. The third kappa shape index (κ3) is 4.24. The third-order valence-corrected chi connectivity index (χ3v) is 4.30. The van der Waals surface area contributed by atoms with Crippen LogP contribution in [-0.4, -0.2) is 23.7 Å². The van der Waals surface area contributed by atoms with Crippen LogP contribution in [0.5, 0.6) is 5.75 Å². The van der Waals surface area contributed by atoms with E-state index in [1.807, 2.05) is 48.5 Å². The van der Waals surface area contributed by atoms with E-state index in [0.717, 1.165) is 16.5 Å². The Morgan fingerprint density at radius 2 is 1.96 bits per heavy atom. The normalized spacial score (nSPS) is 11.4. The van der Waals surface area contributed by atoms with Gasteiger partial charge in [0.05, 0.1) is 6.21 Å². The SMILES string of the molecule is CC(C)c1ccc(OCC(=O)NN=Cc2c(Cl)[nH]c3ccccc23)cc1. The third-order valence-electron chi connectivity index (χ3n) is 4.00. The Bertz CT molecular complexity index is 930. The van der Waals surface area contributed by atoms with Crippen LogP contribution >= 0.6 is 11.6 Å². The van der Waals surface area contributed by atoms with E-state index in [9.17, 15) is 4.79 Å². The van der Waals surface area contributed by atoms with Crippen molar-refractivity contribution in [3.8, 4) is 5.75 Å². The molecule has 0 unspecified atom stereocenters. The first kappa shape index (κ1) is 18.0. The van der Waals surface area contributed by atoms with Gasteiger partial charge in [0, 0.05) is 16.5 Å². The summed E-state index contributed by atoms with van der Waals surface area (Å²) < 4.78 is 5.47. The van der Waals surface area contributed by atoms with Gasteiger partial charge in [-0.3, -0.25) is 4.79 Å². The van der Waals surface area contributed by atoms with Crippen LogP contribution < -0.4 is 10.2 Å². The van der Waals surface area contributed by atoms with Crippen LogP contribution in [0.15, 0.2) is 53.6 Å². The molecule has 0 saturated carbocycles. The fourth-order valence-corrected chi connectivity index (χ4v) is 2.81. The summed E-state index contributed by atoms with van der Waals surface area (Å²) in [5, 5.41) is 5.38. The fourth-order valence-electron chi connectivity index (χ4n) is 2.56. The minimum absolute atomic E-state index is 0.111. The van der Waals surface area contributed by atoms with E-state index in [1.54, 1.807) is 0 Å². The monoisotopic (exact) mass is 369 g/mol. The first-order chi connectivity index (χ1) is 12.5. The van der Waals surface area contributed by atoms with Crippen LogP contribution in [0, 0.1) is 0 Å². The van der Waals surface area contributed by atoms with Gasteiger partial charge in [-0.05, 0) is 29.7 Å². The summed E-state index contributed by atoms with van der Waals surface area (Å²) in [6.07, 6.45) is 1.52. The number of fused-ring (bicyclic) bond motifs is 1. The Kier molecular flexibility index (Phi) is 5.58. The van der Waals surface area contributed by atoms with Crippen LogP contribution in [0.25, 0.3) is 10.9 Å². The number of H-pyrrole nitrogens is 1. The maximum atomic E-state index is 11.9. The van der Waals surface area contributed by atoms with Gasteiger partial charge in [0.2, 0.25) is 0 Å². The second-order valence-corrected chi connectivity index (χ2v) is 6.58. The fraction of sp³-hybridized carbons (Fsp3) is 0.200. The molecule has 0 aliphatic heterocycles. The van der Waals surface area contributed by atoms with Gasteiger partial charge in [-0.2, -0.15) is 5.10 Å². The van der Waals surface area contributed by atoms with E-state index < -0.39 is 0 Å². The molecule has 0 aliphatic rings. The average molecular weight is 370 g/mol. The van der Waals surface area contributed by atoms with Crippen molar-refractivity contribution in [3.63, 3.8) is 0 Å². The molecule has 1 aromatic heterocycles. The Morgan fingerprint density at radius 3 is 2.69 bits per heavy atom. The number of para-hydroxylation sites is 1. The average Bonchev–Trinajstić information content (AvgIpc) is 2.96. The molecule has 0 saturated heterocycles. The number of carbonyl (C=O) groups excluding carboxylic acids is 1. The Hall–Kier alpha value is -2.79. The smallest absolute Gasteiger partial charge is 0.277 e. The number of nitrogens with zero attached hydrogens (tertiary/aromatic N) is 1. The molecule has 1 heterocycles. The lowest BCUT2D eigenvalue weighted by Crippen LogP contribution is -2.24. The van der Waals surface area contributed by atoms with E-state index in [1.165, 1.54) is 11.8 Å². The molecule has 3 rings (SSSR count). The first-order valence-electron chi connectivity index (χ1n) is 8.35. The van der Waals surface area contributed by atoms with Gasteiger partial charge in [-0.1, -0.05) is 55.8 Å². The van der Waals surface area contributed by atoms with Crippen molar-refractivity contribution >= 4 is 34.6 Å². The van der Waals surface area contributed by atoms with Gasteiger partial charge in [0.15, 0.2) is 6.61 Å². The van der Waals surface area contributed by atoms with Crippen LogP contribution in [0.3, 0.4) is 0 Å². The molecule has 134 valence electrons. The highest BCUT2D eigenvalue weighted by Gasteiger charge is 2.07. The van der Waals surface area contributed by atoms with Gasteiger partial charge in [0.25, 0.3) is 5.91 Å². The number of halogens is 1. The van der Waals surface area contributed by atoms with E-state index in [0.29, 0.717) is 16.8 Å². The zero-order chi connectivity index (χ0) is 18.5. The first-order valence-corrected chi connectivity index (χ1v) is 8.73. The molecular formula is C20H20ClN3O2. The summed E-state index contributed by atoms with van der Waals surface area (Å²) in [6, 6.07) is 15.4. The van der Waals surface area contributed by atoms with E-state index >= 15 is 0 Å². The lowest BCUT2D eigenvalue weighted by molar-refractivity contribution is -0.123. The quantitative estimate of drug-likeness (QED) is 0.497. The van der Waals surface area contributed by atoms with Crippen LogP contribution in [-0.2, 0) is 4.79 Å². The van der Waals surface area contributed by atoms with Crippen molar-refractivity contribution in [1.29, 1.82) is 0 Å². The predicted molar refractivity (Wildman–Crippen MR) is 105 cm³/mol. The molecule has 0 aliphatic carbocycles. The number of benzene rings is 2. The van der Waals surface area contributed by atoms with E-state index in [2.05, 4.69) is 29.4 Å². The van der Waals surface area contributed by atoms with Crippen LogP contribution in [0.2, 0.25) is 5.15 Å². The molecule has 0 spiro atoms. The minimum Gasteiger partial charge on any atom is -0.484 e. The molecule has 2 N–H and O–H groups in total. The summed E-state index contributed by atoms with van der Waals surface area (Å²) >= 11 is 6.17. The molecule has 2 aromatic carbocycles. The molecule has 1 amide bonds. The zero-order valence-electron chi connectivity index (χ0n) is 14.6. The number of rotatable bonds is 6. The van der Waals surface area contributed by atoms with Gasteiger partial charge in [-0.25, -0.2) is 5.43 Å². The molecule has 3 aromatic rings. The largest absolute Gasteiger partial charge is 0.484 e. The molecular weight excluding hydrogens is 350 g/mol. The number of aromatic amines is 1. The molecule has 0 atom stereocenters. The number of nitrogens with one attached hydrogen (secondary N) is 2. The van der Waals surface area contributed by atoms with Crippen molar-refractivity contribution in [2.45, 2.75) is 19.8 Å². The van der Waals surface area contributed by atoms with Crippen molar-refractivity contribution in [2.24, 2.45) is 5.10 Å². The number of hydrazone groups is 1. The van der Waals surface area contributed by atoms with Crippen molar-refractivity contribution in [3.05, 3.63) is 64.8 Å². The maximum Gasteiger partial charge on any atom is 0.277 e. The lowest BCUT2D eigenvalue weighted by atomic mass is 10.0. The van der Waals surface area contributed by atoms with Gasteiger partial charge >= 0.3 is 0 Å². The Labute approximate surface area is 157 Å². The van der Waals surface area contributed by atoms with Gasteiger partial charge in [0.1, 0.15) is 10.9 Å². The second kappa shape index (κ2) is 8.06. The summed E-state index contributed by atoms with van der Waals surface area (Å²) in [4.78, 5) is 14.9. The molecule has 0 fully saturated rings. The van der Waals surface area contributed by atoms with Crippen molar-refractivity contribution in [2.75, 3.05) is 6.61 Å². The van der Waals surface area contributed by atoms with Gasteiger partial charge in [-0.15, -0.1) is 0 Å². The number of hydrogen-bond donors (Lipinski definition) is 2. The molecule has 26 heavy (non-hydrogen) atoms.